The van der Waals surface area contributed by atoms with Gasteiger partial charge in [0.05, 0.1) is 23.2 Å². The molecule has 4 heterocycles. The minimum absolute atomic E-state index is 0.0606. The molecule has 0 amide bonds. The third-order valence-corrected chi connectivity index (χ3v) is 7.66. The predicted molar refractivity (Wildman–Crippen MR) is 142 cm³/mol. The zero-order valence-corrected chi connectivity index (χ0v) is 20.5. The Morgan fingerprint density at radius 3 is 2.69 bits per heavy atom. The molecule has 3 atom stereocenters. The van der Waals surface area contributed by atoms with Gasteiger partial charge in [-0.15, -0.1) is 0 Å². The standard InChI is InChI=1S/C29H31N5O2/c1-19-15-26-30-17-24-16-25(21-5-3-2-4-6-21)27(31-28(24)34(26)32-19)22-9-7-20(8-10-22)18-33-13-11-23(12-14-33)29(35)36/h2-7,9-10,15-17,20,23-24,28H,8,11-14,18H2,1H3,(H,35,36). The molecule has 6 rings (SSSR count). The number of aromatic nitrogens is 2. The molecule has 36 heavy (non-hydrogen) atoms. The second-order valence-corrected chi connectivity index (χ2v) is 10.2. The molecule has 1 aromatic heterocycles. The van der Waals surface area contributed by atoms with Crippen molar-refractivity contribution in [3.63, 3.8) is 0 Å². The molecule has 2 aromatic rings. The SMILES string of the molecule is Cc1cc2n(n1)C1N=C(C3=CCC(CN4CCC(C(=O)O)CC4)C=C3)C(c3ccccc3)=CC1C=N2. The molecule has 7 nitrogen and oxygen atoms in total. The molecule has 3 unspecified atom stereocenters. The molecule has 3 aliphatic heterocycles. The van der Waals surface area contributed by atoms with E-state index in [4.69, 9.17) is 10.1 Å². The number of carboxylic acids is 1. The van der Waals surface area contributed by atoms with E-state index in [9.17, 15) is 9.90 Å². The van der Waals surface area contributed by atoms with Crippen molar-refractivity contribution in [3.8, 4) is 0 Å². The Labute approximate surface area is 211 Å². The summed E-state index contributed by atoms with van der Waals surface area (Å²) in [6.07, 6.45) is 13.5. The fourth-order valence-electron chi connectivity index (χ4n) is 5.69. The van der Waals surface area contributed by atoms with Crippen LogP contribution in [0, 0.1) is 24.7 Å². The molecule has 4 aliphatic rings. The van der Waals surface area contributed by atoms with E-state index >= 15 is 0 Å². The number of allylic oxidation sites excluding steroid dienone is 4. The lowest BCUT2D eigenvalue weighted by Gasteiger charge is -2.33. The Hall–Kier alpha value is -3.58. The number of nitrogens with zero attached hydrogens (tertiary/aromatic N) is 5. The summed E-state index contributed by atoms with van der Waals surface area (Å²) in [5.41, 5.74) is 5.40. The van der Waals surface area contributed by atoms with Gasteiger partial charge in [-0.3, -0.25) is 9.79 Å². The number of aliphatic imine (C=N–C) groups is 2. The van der Waals surface area contributed by atoms with Gasteiger partial charge in [0, 0.05) is 24.4 Å². The van der Waals surface area contributed by atoms with Crippen molar-refractivity contribution in [1.82, 2.24) is 14.7 Å². The van der Waals surface area contributed by atoms with Crippen molar-refractivity contribution in [2.24, 2.45) is 27.7 Å². The van der Waals surface area contributed by atoms with Crippen LogP contribution in [0.4, 0.5) is 5.82 Å². The maximum atomic E-state index is 11.3. The summed E-state index contributed by atoms with van der Waals surface area (Å²) >= 11 is 0. The summed E-state index contributed by atoms with van der Waals surface area (Å²) in [6.45, 7) is 4.69. The molecule has 1 N–H and O–H groups in total. The van der Waals surface area contributed by atoms with Gasteiger partial charge in [0.1, 0.15) is 0 Å². The molecule has 0 saturated carbocycles. The van der Waals surface area contributed by atoms with Gasteiger partial charge < -0.3 is 10.0 Å². The number of hydrogen-bond acceptors (Lipinski definition) is 5. The Morgan fingerprint density at radius 2 is 1.97 bits per heavy atom. The lowest BCUT2D eigenvalue weighted by atomic mass is 9.85. The van der Waals surface area contributed by atoms with Crippen molar-refractivity contribution >= 4 is 29.3 Å². The van der Waals surface area contributed by atoms with E-state index in [0.29, 0.717) is 5.92 Å². The molecule has 0 radical (unpaired) electrons. The molecule has 1 aliphatic carbocycles. The number of hydrogen-bond donors (Lipinski definition) is 1. The first-order chi connectivity index (χ1) is 17.5. The van der Waals surface area contributed by atoms with E-state index in [2.05, 4.69) is 58.5 Å². The van der Waals surface area contributed by atoms with Gasteiger partial charge in [-0.05, 0) is 56.3 Å². The van der Waals surface area contributed by atoms with Gasteiger partial charge in [-0.2, -0.15) is 5.10 Å². The predicted octanol–water partition coefficient (Wildman–Crippen LogP) is 4.86. The van der Waals surface area contributed by atoms with Gasteiger partial charge in [-0.1, -0.05) is 54.6 Å². The number of rotatable bonds is 5. The van der Waals surface area contributed by atoms with E-state index < -0.39 is 5.97 Å². The van der Waals surface area contributed by atoms with Crippen LogP contribution in [-0.4, -0.2) is 57.3 Å². The molecule has 1 aromatic carbocycles. The van der Waals surface area contributed by atoms with Gasteiger partial charge in [0.15, 0.2) is 12.0 Å². The van der Waals surface area contributed by atoms with E-state index in [-0.39, 0.29) is 18.0 Å². The quantitative estimate of drug-likeness (QED) is 0.661. The number of benzene rings is 1. The largest absolute Gasteiger partial charge is 0.481 e. The van der Waals surface area contributed by atoms with E-state index in [1.165, 1.54) is 0 Å². The molecule has 0 spiro atoms. The van der Waals surface area contributed by atoms with Gasteiger partial charge >= 0.3 is 5.97 Å². The van der Waals surface area contributed by atoms with E-state index in [0.717, 1.165) is 72.8 Å². The van der Waals surface area contributed by atoms with Crippen molar-refractivity contribution in [1.29, 1.82) is 0 Å². The molecular weight excluding hydrogens is 450 g/mol. The second-order valence-electron chi connectivity index (χ2n) is 10.2. The Morgan fingerprint density at radius 1 is 1.17 bits per heavy atom. The maximum absolute atomic E-state index is 11.3. The molecule has 7 heteroatoms. The van der Waals surface area contributed by atoms with Crippen LogP contribution < -0.4 is 0 Å². The number of likely N-dealkylation sites (tertiary alicyclic amines) is 1. The van der Waals surface area contributed by atoms with Crippen LogP contribution >= 0.6 is 0 Å². The van der Waals surface area contributed by atoms with Crippen LogP contribution in [0.1, 0.15) is 36.7 Å². The number of piperidine rings is 1. The fourth-order valence-corrected chi connectivity index (χ4v) is 5.69. The number of aryl methyl sites for hydroxylation is 1. The number of carboxylic acid groups (broad SMARTS) is 1. The third kappa shape index (κ3) is 4.39. The van der Waals surface area contributed by atoms with E-state index in [1.807, 2.05) is 30.0 Å². The average molecular weight is 482 g/mol. The van der Waals surface area contributed by atoms with Crippen LogP contribution in [0.2, 0.25) is 0 Å². The summed E-state index contributed by atoms with van der Waals surface area (Å²) in [6, 6.07) is 12.5. The first-order valence-corrected chi connectivity index (χ1v) is 12.8. The van der Waals surface area contributed by atoms with Crippen molar-refractivity contribution < 1.29 is 9.90 Å². The van der Waals surface area contributed by atoms with Gasteiger partial charge in [0.25, 0.3) is 0 Å². The number of carbonyl (C=O) groups is 1. The highest BCUT2D eigenvalue weighted by Gasteiger charge is 2.33. The second kappa shape index (κ2) is 9.47. The normalized spacial score (nSPS) is 26.0. The summed E-state index contributed by atoms with van der Waals surface area (Å²) in [5.74, 6) is 0.506. The van der Waals surface area contributed by atoms with Crippen LogP contribution in [0.5, 0.6) is 0 Å². The van der Waals surface area contributed by atoms with Crippen molar-refractivity contribution in [2.45, 2.75) is 32.4 Å². The summed E-state index contributed by atoms with van der Waals surface area (Å²) in [5, 5.41) is 14.0. The number of fused-ring (bicyclic) bond motifs is 3. The minimum atomic E-state index is -0.654. The maximum Gasteiger partial charge on any atom is 0.306 e. The lowest BCUT2D eigenvalue weighted by molar-refractivity contribution is -0.143. The van der Waals surface area contributed by atoms with Crippen LogP contribution in [0.3, 0.4) is 0 Å². The third-order valence-electron chi connectivity index (χ3n) is 7.66. The number of dihydropyridines is 1. The van der Waals surface area contributed by atoms with Gasteiger partial charge in [0.2, 0.25) is 0 Å². The van der Waals surface area contributed by atoms with Crippen LogP contribution in [-0.2, 0) is 4.79 Å². The first kappa shape index (κ1) is 22.9. The fraction of sp³-hybridized carbons (Fsp3) is 0.379. The summed E-state index contributed by atoms with van der Waals surface area (Å²) in [4.78, 5) is 23.6. The number of aliphatic carboxylic acids is 1. The van der Waals surface area contributed by atoms with Crippen LogP contribution in [0.15, 0.2) is 76.3 Å². The Bertz CT molecular complexity index is 1310. The van der Waals surface area contributed by atoms with Crippen molar-refractivity contribution in [2.75, 3.05) is 19.6 Å². The Kier molecular flexibility index (Phi) is 6.01. The smallest absolute Gasteiger partial charge is 0.306 e. The minimum Gasteiger partial charge on any atom is -0.481 e. The highest BCUT2D eigenvalue weighted by Crippen LogP contribution is 2.39. The topological polar surface area (TPSA) is 83.1 Å². The average Bonchev–Trinajstić information content (AvgIpc) is 3.30. The van der Waals surface area contributed by atoms with E-state index in [1.54, 1.807) is 0 Å². The summed E-state index contributed by atoms with van der Waals surface area (Å²) < 4.78 is 1.95. The molecule has 0 bridgehead atoms. The summed E-state index contributed by atoms with van der Waals surface area (Å²) in [7, 11) is 0. The zero-order valence-electron chi connectivity index (χ0n) is 20.5. The molecular formula is C29H31N5O2. The van der Waals surface area contributed by atoms with Crippen molar-refractivity contribution in [3.05, 3.63) is 77.5 Å². The highest BCUT2D eigenvalue weighted by atomic mass is 16.4. The Balaban J connectivity index is 1.23. The monoisotopic (exact) mass is 481 g/mol. The lowest BCUT2D eigenvalue weighted by Crippen LogP contribution is -2.39. The highest BCUT2D eigenvalue weighted by molar-refractivity contribution is 6.33. The van der Waals surface area contributed by atoms with Crippen LogP contribution in [0.25, 0.3) is 5.57 Å². The first-order valence-electron chi connectivity index (χ1n) is 12.8. The molecule has 1 saturated heterocycles. The van der Waals surface area contributed by atoms with Gasteiger partial charge in [-0.25, -0.2) is 9.67 Å². The molecule has 1 fully saturated rings. The molecule has 184 valence electrons. The zero-order chi connectivity index (χ0) is 24.6.